The minimum Gasteiger partial charge on any atom is -0.423 e. The molecule has 0 fully saturated rings. The average Bonchev–Trinajstić information content (AvgIpc) is 2.82. The normalized spacial score (nSPS) is 10.9. The summed E-state index contributed by atoms with van der Waals surface area (Å²) in [4.78, 5) is 37.5. The molecule has 0 aliphatic heterocycles. The van der Waals surface area contributed by atoms with E-state index < -0.39 is 17.5 Å². The molecule has 4 aromatic rings. The zero-order valence-corrected chi connectivity index (χ0v) is 19.0. The molecule has 6 nitrogen and oxygen atoms in total. The van der Waals surface area contributed by atoms with Gasteiger partial charge in [-0.25, -0.2) is 9.59 Å². The molecule has 34 heavy (non-hydrogen) atoms. The van der Waals surface area contributed by atoms with Gasteiger partial charge in [0.05, 0.1) is 5.56 Å². The molecule has 172 valence electrons. The van der Waals surface area contributed by atoms with Gasteiger partial charge in [-0.2, -0.15) is 0 Å². The van der Waals surface area contributed by atoms with Crippen LogP contribution in [0.15, 0.2) is 88.1 Å². The molecule has 0 unspecified atom stereocenters. The number of amides is 1. The lowest BCUT2D eigenvalue weighted by Crippen LogP contribution is -2.33. The highest BCUT2D eigenvalue weighted by Gasteiger charge is 2.17. The molecule has 0 saturated heterocycles. The Labute approximate surface area is 197 Å². The van der Waals surface area contributed by atoms with Crippen molar-refractivity contribution < 1.29 is 18.7 Å². The summed E-state index contributed by atoms with van der Waals surface area (Å²) in [5.41, 5.74) is 1.98. The van der Waals surface area contributed by atoms with Crippen LogP contribution >= 0.6 is 0 Å². The summed E-state index contributed by atoms with van der Waals surface area (Å²) in [7, 11) is 0. The lowest BCUT2D eigenvalue weighted by molar-refractivity contribution is 0.0733. The molecule has 1 heterocycles. The van der Waals surface area contributed by atoms with Crippen molar-refractivity contribution in [3.05, 3.63) is 112 Å². The molecule has 3 aromatic carbocycles. The number of carbonyl (C=O) groups is 2. The summed E-state index contributed by atoms with van der Waals surface area (Å²) in [6.45, 7) is 3.61. The van der Waals surface area contributed by atoms with Gasteiger partial charge >= 0.3 is 11.6 Å². The van der Waals surface area contributed by atoms with Gasteiger partial charge in [-0.15, -0.1) is 0 Å². The van der Waals surface area contributed by atoms with Crippen LogP contribution in [0.4, 0.5) is 0 Å². The Morgan fingerprint density at radius 3 is 2.38 bits per heavy atom. The van der Waals surface area contributed by atoms with Crippen LogP contribution in [0.1, 0.15) is 45.7 Å². The zero-order valence-electron chi connectivity index (χ0n) is 19.0. The molecule has 0 atom stereocenters. The first-order chi connectivity index (χ1) is 16.4. The minimum atomic E-state index is -0.750. The van der Waals surface area contributed by atoms with Crippen molar-refractivity contribution in [1.29, 1.82) is 0 Å². The molecule has 0 bridgehead atoms. The molecule has 1 aromatic heterocycles. The fraction of sp³-hybridized carbons (Fsp3) is 0.179. The molecule has 1 N–H and O–H groups in total. The SMILES string of the molecule is CC(C)NC(=O)c1cc2ccc(OC(=O)c3ccccc3CCc3ccccc3)cc2oc1=O. The first-order valence-corrected chi connectivity index (χ1v) is 11.1. The van der Waals surface area contributed by atoms with Crippen molar-refractivity contribution in [3.8, 4) is 5.75 Å². The topological polar surface area (TPSA) is 85.6 Å². The Kier molecular flexibility index (Phi) is 6.87. The predicted molar refractivity (Wildman–Crippen MR) is 130 cm³/mol. The van der Waals surface area contributed by atoms with E-state index in [1.807, 2.05) is 30.3 Å². The molecular formula is C28H25NO5. The van der Waals surface area contributed by atoms with Gasteiger partial charge < -0.3 is 14.5 Å². The molecule has 0 aliphatic carbocycles. The number of hydrogen-bond acceptors (Lipinski definition) is 5. The van der Waals surface area contributed by atoms with Crippen LogP contribution in [-0.2, 0) is 12.8 Å². The van der Waals surface area contributed by atoms with Crippen molar-refractivity contribution in [3.63, 3.8) is 0 Å². The van der Waals surface area contributed by atoms with Crippen LogP contribution < -0.4 is 15.7 Å². The zero-order chi connectivity index (χ0) is 24.1. The number of carbonyl (C=O) groups excluding carboxylic acids is 2. The summed E-state index contributed by atoms with van der Waals surface area (Å²) in [6, 6.07) is 23.5. The number of ether oxygens (including phenoxy) is 1. The van der Waals surface area contributed by atoms with Crippen molar-refractivity contribution >= 4 is 22.8 Å². The van der Waals surface area contributed by atoms with Crippen molar-refractivity contribution in [1.82, 2.24) is 5.32 Å². The van der Waals surface area contributed by atoms with Gasteiger partial charge in [-0.1, -0.05) is 48.5 Å². The first kappa shape index (κ1) is 23.0. The predicted octanol–water partition coefficient (Wildman–Crippen LogP) is 4.94. The molecule has 6 heteroatoms. The Morgan fingerprint density at radius 2 is 1.62 bits per heavy atom. The summed E-state index contributed by atoms with van der Waals surface area (Å²) in [5.74, 6) is -0.732. The van der Waals surface area contributed by atoms with Gasteiger partial charge in [0.1, 0.15) is 16.9 Å². The third kappa shape index (κ3) is 5.41. The average molecular weight is 456 g/mol. The maximum Gasteiger partial charge on any atom is 0.349 e. The van der Waals surface area contributed by atoms with E-state index in [0.717, 1.165) is 12.0 Å². The van der Waals surface area contributed by atoms with Crippen LogP contribution in [0.5, 0.6) is 5.75 Å². The fourth-order valence-electron chi connectivity index (χ4n) is 3.68. The highest BCUT2D eigenvalue weighted by atomic mass is 16.5. The number of nitrogens with one attached hydrogen (secondary N) is 1. The Balaban J connectivity index is 1.53. The molecule has 1 amide bonds. The molecule has 0 radical (unpaired) electrons. The van der Waals surface area contributed by atoms with E-state index >= 15 is 0 Å². The monoisotopic (exact) mass is 455 g/mol. The third-order valence-electron chi connectivity index (χ3n) is 5.35. The first-order valence-electron chi connectivity index (χ1n) is 11.1. The van der Waals surface area contributed by atoms with Gasteiger partial charge in [0.2, 0.25) is 0 Å². The number of aryl methyl sites for hydroxylation is 2. The van der Waals surface area contributed by atoms with Gasteiger partial charge in [-0.05, 0) is 62.1 Å². The van der Waals surface area contributed by atoms with E-state index in [0.29, 0.717) is 17.4 Å². The molecule has 0 aliphatic rings. The van der Waals surface area contributed by atoms with Crippen LogP contribution in [-0.4, -0.2) is 17.9 Å². The van der Waals surface area contributed by atoms with Gasteiger partial charge in [0, 0.05) is 17.5 Å². The molecule has 4 rings (SSSR count). The number of hydrogen-bond donors (Lipinski definition) is 1. The highest BCUT2D eigenvalue weighted by molar-refractivity contribution is 5.97. The number of benzene rings is 3. The summed E-state index contributed by atoms with van der Waals surface area (Å²) >= 11 is 0. The lowest BCUT2D eigenvalue weighted by Gasteiger charge is -2.10. The fourth-order valence-corrected chi connectivity index (χ4v) is 3.68. The number of esters is 1. The van der Waals surface area contributed by atoms with Gasteiger partial charge in [-0.3, -0.25) is 4.79 Å². The second-order valence-corrected chi connectivity index (χ2v) is 8.31. The van der Waals surface area contributed by atoms with Gasteiger partial charge in [0.25, 0.3) is 5.91 Å². The summed E-state index contributed by atoms with van der Waals surface area (Å²) in [5, 5.41) is 3.23. The largest absolute Gasteiger partial charge is 0.423 e. The molecule has 0 saturated carbocycles. The quantitative estimate of drug-likeness (QED) is 0.242. The molecule has 0 spiro atoms. The Bertz CT molecular complexity index is 1390. The van der Waals surface area contributed by atoms with E-state index in [9.17, 15) is 14.4 Å². The van der Waals surface area contributed by atoms with Crippen LogP contribution in [0.25, 0.3) is 11.0 Å². The smallest absolute Gasteiger partial charge is 0.349 e. The van der Waals surface area contributed by atoms with Crippen LogP contribution in [0, 0.1) is 0 Å². The Hall–Kier alpha value is -4.19. The Morgan fingerprint density at radius 1 is 0.882 bits per heavy atom. The maximum absolute atomic E-state index is 12.9. The second kappa shape index (κ2) is 10.2. The van der Waals surface area contributed by atoms with Gasteiger partial charge in [0.15, 0.2) is 0 Å². The second-order valence-electron chi connectivity index (χ2n) is 8.31. The van der Waals surface area contributed by atoms with E-state index in [1.54, 1.807) is 38.1 Å². The minimum absolute atomic E-state index is 0.0710. The maximum atomic E-state index is 12.9. The lowest BCUT2D eigenvalue weighted by atomic mass is 10.00. The van der Waals surface area contributed by atoms with E-state index in [-0.39, 0.29) is 22.9 Å². The van der Waals surface area contributed by atoms with Crippen LogP contribution in [0.2, 0.25) is 0 Å². The summed E-state index contributed by atoms with van der Waals surface area (Å²) in [6.07, 6.45) is 1.50. The summed E-state index contributed by atoms with van der Waals surface area (Å²) < 4.78 is 10.9. The van der Waals surface area contributed by atoms with E-state index in [2.05, 4.69) is 17.4 Å². The highest BCUT2D eigenvalue weighted by Crippen LogP contribution is 2.22. The van der Waals surface area contributed by atoms with Crippen LogP contribution in [0.3, 0.4) is 0 Å². The molecular weight excluding hydrogens is 430 g/mol. The standard InChI is InChI=1S/C28H25NO5/c1-18(2)29-26(30)24-16-21-14-15-22(17-25(21)34-28(24)32)33-27(31)23-11-7-6-10-20(23)13-12-19-8-4-3-5-9-19/h3-11,14-18H,12-13H2,1-2H3,(H,29,30). The van der Waals surface area contributed by atoms with Crippen molar-refractivity contribution in [2.75, 3.05) is 0 Å². The van der Waals surface area contributed by atoms with Crippen molar-refractivity contribution in [2.45, 2.75) is 32.7 Å². The number of fused-ring (bicyclic) bond motifs is 1. The van der Waals surface area contributed by atoms with Crippen molar-refractivity contribution in [2.24, 2.45) is 0 Å². The number of rotatable bonds is 7. The third-order valence-corrected chi connectivity index (χ3v) is 5.35. The van der Waals surface area contributed by atoms with E-state index in [4.69, 9.17) is 9.15 Å². The van der Waals surface area contributed by atoms with E-state index in [1.165, 1.54) is 17.7 Å².